The van der Waals surface area contributed by atoms with Gasteiger partial charge in [0, 0.05) is 5.75 Å². The third-order valence-electron chi connectivity index (χ3n) is 2.48. The third-order valence-corrected chi connectivity index (χ3v) is 6.36. The van der Waals surface area contributed by atoms with Gasteiger partial charge in [0.05, 0.1) is 8.07 Å². The van der Waals surface area contributed by atoms with Crippen molar-refractivity contribution in [2.45, 2.75) is 25.2 Å². The van der Waals surface area contributed by atoms with E-state index in [9.17, 15) is 4.21 Å². The van der Waals surface area contributed by atoms with Crippen LogP contribution >= 0.6 is 0 Å². The van der Waals surface area contributed by atoms with Crippen molar-refractivity contribution in [3.63, 3.8) is 0 Å². The van der Waals surface area contributed by atoms with Gasteiger partial charge in [-0.15, -0.1) is 0 Å². The predicted molar refractivity (Wildman–Crippen MR) is 68.1 cm³/mol. The number of benzene rings is 1. The number of hydrogen-bond acceptors (Lipinski definition) is 1. The maximum atomic E-state index is 10.6. The van der Waals surface area contributed by atoms with Gasteiger partial charge in [-0.25, -0.2) is 4.21 Å². The molecule has 1 aromatic carbocycles. The second kappa shape index (κ2) is 5.58. The standard InChI is InChI=1S/C11H18O2SSi/c1-15(2,9-8-14(12)13)10-11-6-4-3-5-7-11/h3-7H,8-10H2,1-2H3,(H,12,13). The van der Waals surface area contributed by atoms with Gasteiger partial charge < -0.3 is 4.55 Å². The van der Waals surface area contributed by atoms with Crippen LogP contribution in [0.25, 0.3) is 0 Å². The van der Waals surface area contributed by atoms with Gasteiger partial charge in [-0.2, -0.15) is 0 Å². The van der Waals surface area contributed by atoms with Crippen LogP contribution in [0.5, 0.6) is 0 Å². The molecule has 0 aromatic heterocycles. The highest BCUT2D eigenvalue weighted by molar-refractivity contribution is 7.79. The first-order valence-electron chi connectivity index (χ1n) is 5.11. The molecule has 2 nitrogen and oxygen atoms in total. The van der Waals surface area contributed by atoms with Crippen molar-refractivity contribution in [3.05, 3.63) is 35.9 Å². The van der Waals surface area contributed by atoms with Gasteiger partial charge in [0.25, 0.3) is 0 Å². The lowest BCUT2D eigenvalue weighted by atomic mass is 10.2. The van der Waals surface area contributed by atoms with Gasteiger partial charge in [0.15, 0.2) is 11.1 Å². The van der Waals surface area contributed by atoms with Crippen LogP contribution in [0.4, 0.5) is 0 Å². The van der Waals surface area contributed by atoms with Gasteiger partial charge >= 0.3 is 0 Å². The highest BCUT2D eigenvalue weighted by atomic mass is 32.2. The highest BCUT2D eigenvalue weighted by Gasteiger charge is 2.21. The molecule has 84 valence electrons. The Morgan fingerprint density at radius 2 is 1.87 bits per heavy atom. The van der Waals surface area contributed by atoms with Crippen LogP contribution in [0, 0.1) is 0 Å². The fourth-order valence-electron chi connectivity index (χ4n) is 1.60. The molecule has 0 aliphatic rings. The van der Waals surface area contributed by atoms with E-state index >= 15 is 0 Å². The molecule has 0 saturated carbocycles. The molecular formula is C11H18O2SSi. The van der Waals surface area contributed by atoms with Crippen molar-refractivity contribution in [1.29, 1.82) is 0 Å². The normalized spacial score (nSPS) is 13.8. The third kappa shape index (κ3) is 5.25. The number of hydrogen-bond donors (Lipinski definition) is 1. The topological polar surface area (TPSA) is 37.3 Å². The molecule has 0 amide bonds. The summed E-state index contributed by atoms with van der Waals surface area (Å²) < 4.78 is 19.4. The molecule has 0 aliphatic heterocycles. The van der Waals surface area contributed by atoms with Gasteiger partial charge in [-0.3, -0.25) is 0 Å². The lowest BCUT2D eigenvalue weighted by molar-refractivity contribution is 0.565. The molecule has 1 unspecified atom stereocenters. The van der Waals surface area contributed by atoms with Crippen molar-refractivity contribution < 1.29 is 8.76 Å². The minimum Gasteiger partial charge on any atom is -0.306 e. The minimum atomic E-state index is -1.64. The lowest BCUT2D eigenvalue weighted by Crippen LogP contribution is -2.30. The van der Waals surface area contributed by atoms with E-state index in [-0.39, 0.29) is 0 Å². The van der Waals surface area contributed by atoms with Crippen molar-refractivity contribution in [3.8, 4) is 0 Å². The van der Waals surface area contributed by atoms with Crippen molar-refractivity contribution in [2.75, 3.05) is 5.75 Å². The Morgan fingerprint density at radius 3 is 2.40 bits per heavy atom. The summed E-state index contributed by atoms with van der Waals surface area (Å²) in [7, 11) is -1.36. The molecule has 0 heterocycles. The average molecular weight is 242 g/mol. The zero-order valence-corrected chi connectivity index (χ0v) is 11.1. The Morgan fingerprint density at radius 1 is 1.27 bits per heavy atom. The van der Waals surface area contributed by atoms with Gasteiger partial charge in [0.2, 0.25) is 0 Å². The summed E-state index contributed by atoms with van der Waals surface area (Å²) in [5.74, 6) is 0.423. The summed E-state index contributed by atoms with van der Waals surface area (Å²) in [6.45, 7) is 4.54. The SMILES string of the molecule is C[Si](C)(CCS(=O)O)Cc1ccccc1. The second-order valence-corrected chi connectivity index (χ2v) is 10.8. The highest BCUT2D eigenvalue weighted by Crippen LogP contribution is 2.16. The number of rotatable bonds is 5. The van der Waals surface area contributed by atoms with E-state index in [1.165, 1.54) is 5.56 Å². The Kier molecular flexibility index (Phi) is 4.69. The first-order valence-corrected chi connectivity index (χ1v) is 9.80. The van der Waals surface area contributed by atoms with E-state index in [1.54, 1.807) is 0 Å². The van der Waals surface area contributed by atoms with Gasteiger partial charge in [-0.1, -0.05) is 49.0 Å². The molecule has 1 N–H and O–H groups in total. The second-order valence-electron chi connectivity index (χ2n) is 4.60. The summed E-state index contributed by atoms with van der Waals surface area (Å²) in [6.07, 6.45) is 0. The molecule has 0 bridgehead atoms. The summed E-state index contributed by atoms with van der Waals surface area (Å²) in [6, 6.07) is 12.4. The van der Waals surface area contributed by atoms with Crippen molar-refractivity contribution >= 4 is 19.2 Å². The van der Waals surface area contributed by atoms with Crippen molar-refractivity contribution in [1.82, 2.24) is 0 Å². The fourth-order valence-corrected chi connectivity index (χ4v) is 6.03. The smallest absolute Gasteiger partial charge is 0.152 e. The van der Waals surface area contributed by atoms with Crippen LogP contribution in [0.15, 0.2) is 30.3 Å². The molecule has 1 atom stereocenters. The van der Waals surface area contributed by atoms with Gasteiger partial charge in [0.1, 0.15) is 0 Å². The summed E-state index contributed by atoms with van der Waals surface area (Å²) in [5, 5.41) is 0. The Hall–Kier alpha value is -0.453. The Bertz CT molecular complexity index is 325. The van der Waals surface area contributed by atoms with Crippen LogP contribution in [-0.4, -0.2) is 22.6 Å². The van der Waals surface area contributed by atoms with Gasteiger partial charge in [-0.05, 0) is 12.1 Å². The van der Waals surface area contributed by atoms with E-state index in [4.69, 9.17) is 4.55 Å². The maximum absolute atomic E-state index is 10.6. The fraction of sp³-hybridized carbons (Fsp3) is 0.455. The molecule has 4 heteroatoms. The van der Waals surface area contributed by atoms with E-state index in [0.29, 0.717) is 5.75 Å². The molecule has 1 aromatic rings. The van der Waals surface area contributed by atoms with E-state index in [2.05, 4.69) is 25.2 Å². The molecule has 0 aliphatic carbocycles. The van der Waals surface area contributed by atoms with Crippen LogP contribution in [0.2, 0.25) is 19.1 Å². The lowest BCUT2D eigenvalue weighted by Gasteiger charge is -2.21. The molecule has 1 rings (SSSR count). The van der Waals surface area contributed by atoms with E-state index < -0.39 is 19.2 Å². The van der Waals surface area contributed by atoms with Crippen LogP contribution in [0.1, 0.15) is 5.56 Å². The zero-order valence-electron chi connectivity index (χ0n) is 9.27. The summed E-state index contributed by atoms with van der Waals surface area (Å²) in [5.41, 5.74) is 1.35. The quantitative estimate of drug-likeness (QED) is 0.637. The Balaban J connectivity index is 2.52. The van der Waals surface area contributed by atoms with Crippen LogP contribution in [-0.2, 0) is 17.1 Å². The van der Waals surface area contributed by atoms with Crippen LogP contribution in [0.3, 0.4) is 0 Å². The molecule has 0 spiro atoms. The predicted octanol–water partition coefficient (Wildman–Crippen LogP) is 2.70. The van der Waals surface area contributed by atoms with E-state index in [1.807, 2.05) is 18.2 Å². The first kappa shape index (κ1) is 12.6. The summed E-state index contributed by atoms with van der Waals surface area (Å²) >= 11 is -1.64. The van der Waals surface area contributed by atoms with E-state index in [0.717, 1.165) is 12.1 Å². The molecule has 15 heavy (non-hydrogen) atoms. The molecule has 0 radical (unpaired) electrons. The first-order chi connectivity index (χ1) is 6.99. The molecule has 0 fully saturated rings. The zero-order chi connectivity index (χ0) is 11.3. The van der Waals surface area contributed by atoms with Crippen molar-refractivity contribution in [2.24, 2.45) is 0 Å². The largest absolute Gasteiger partial charge is 0.306 e. The maximum Gasteiger partial charge on any atom is 0.152 e. The monoisotopic (exact) mass is 242 g/mol. The molecular weight excluding hydrogens is 224 g/mol. The average Bonchev–Trinajstić information content (AvgIpc) is 2.16. The molecule has 0 saturated heterocycles. The Labute approximate surface area is 95.0 Å². The minimum absolute atomic E-state index is 0.423. The summed E-state index contributed by atoms with van der Waals surface area (Å²) in [4.78, 5) is 0. The van der Waals surface area contributed by atoms with Crippen LogP contribution < -0.4 is 0 Å².